The molecule has 4 rings (SSSR count). The molecule has 2 N–H and O–H groups in total. The summed E-state index contributed by atoms with van der Waals surface area (Å²) in [7, 11) is 0. The van der Waals surface area contributed by atoms with Gasteiger partial charge in [-0.3, -0.25) is 4.79 Å². The number of fused-ring (bicyclic) bond motifs is 1. The zero-order chi connectivity index (χ0) is 20.2. The van der Waals surface area contributed by atoms with Gasteiger partial charge in [0, 0.05) is 11.5 Å². The molecule has 3 aromatic carbocycles. The summed E-state index contributed by atoms with van der Waals surface area (Å²) < 4.78 is 24.8. The van der Waals surface area contributed by atoms with E-state index in [1.165, 1.54) is 24.3 Å². The number of hydrogen-bond donors (Lipinski definition) is 1. The number of benzene rings is 3. The maximum absolute atomic E-state index is 13.1. The van der Waals surface area contributed by atoms with Crippen LogP contribution in [0.4, 0.5) is 10.1 Å². The fourth-order valence-electron chi connectivity index (χ4n) is 2.82. The lowest BCUT2D eigenvalue weighted by molar-refractivity contribution is 0.0996. The van der Waals surface area contributed by atoms with Crippen LogP contribution in [-0.2, 0) is 6.61 Å². The molecule has 0 aliphatic rings. The topological polar surface area (TPSA) is 77.8 Å². The molecule has 29 heavy (non-hydrogen) atoms. The van der Waals surface area contributed by atoms with Gasteiger partial charge in [0.25, 0.3) is 5.91 Å². The number of ether oxygens (including phenoxy) is 1. The largest absolute Gasteiger partial charge is 0.489 e. The molecular formula is C23H17FN2O3. The van der Waals surface area contributed by atoms with Crippen LogP contribution >= 0.6 is 0 Å². The van der Waals surface area contributed by atoms with Gasteiger partial charge in [0.05, 0.1) is 5.69 Å². The van der Waals surface area contributed by atoms with Gasteiger partial charge < -0.3 is 14.9 Å². The third-order valence-electron chi connectivity index (χ3n) is 4.29. The number of nitrogens with two attached hydrogens (primary N) is 1. The van der Waals surface area contributed by atoms with Crippen molar-refractivity contribution in [2.45, 2.75) is 6.61 Å². The Morgan fingerprint density at radius 2 is 1.76 bits per heavy atom. The van der Waals surface area contributed by atoms with Crippen molar-refractivity contribution < 1.29 is 18.3 Å². The van der Waals surface area contributed by atoms with Gasteiger partial charge >= 0.3 is 0 Å². The van der Waals surface area contributed by atoms with Crippen LogP contribution in [0.1, 0.15) is 15.9 Å². The lowest BCUT2D eigenvalue weighted by Crippen LogP contribution is -2.21. The van der Waals surface area contributed by atoms with E-state index in [4.69, 9.17) is 14.9 Å². The van der Waals surface area contributed by atoms with E-state index >= 15 is 0 Å². The number of hydrogen-bond acceptors (Lipinski definition) is 4. The Labute approximate surface area is 165 Å². The smallest absolute Gasteiger partial charge is 0.254 e. The molecule has 1 amide bonds. The number of amides is 1. The first-order valence-corrected chi connectivity index (χ1v) is 8.93. The summed E-state index contributed by atoms with van der Waals surface area (Å²) in [6.45, 7) is 0.415. The predicted molar refractivity (Wildman–Crippen MR) is 107 cm³/mol. The van der Waals surface area contributed by atoms with Crippen LogP contribution in [0.5, 0.6) is 5.75 Å². The summed E-state index contributed by atoms with van der Waals surface area (Å²) in [5.74, 6) is -0.430. The first-order valence-electron chi connectivity index (χ1n) is 8.93. The number of carbonyl (C=O) groups is 1. The Balaban J connectivity index is 1.73. The molecule has 1 heterocycles. The van der Waals surface area contributed by atoms with Crippen LogP contribution in [0, 0.1) is 5.82 Å². The molecule has 1 aromatic heterocycles. The molecule has 0 saturated carbocycles. The summed E-state index contributed by atoms with van der Waals surface area (Å²) in [5, 5.41) is 0.684. The first-order chi connectivity index (χ1) is 14.1. The molecule has 0 spiro atoms. The summed E-state index contributed by atoms with van der Waals surface area (Å²) in [4.78, 5) is 16.2. The van der Waals surface area contributed by atoms with E-state index in [0.29, 0.717) is 29.0 Å². The van der Waals surface area contributed by atoms with E-state index in [0.717, 1.165) is 5.56 Å². The number of rotatable bonds is 5. The Bertz CT molecular complexity index is 1230. The minimum atomic E-state index is -0.666. The van der Waals surface area contributed by atoms with Gasteiger partial charge in [0.2, 0.25) is 5.55 Å². The van der Waals surface area contributed by atoms with Crippen LogP contribution in [-0.4, -0.2) is 5.91 Å². The summed E-state index contributed by atoms with van der Waals surface area (Å²) in [6.07, 6.45) is 0. The second-order valence-corrected chi connectivity index (χ2v) is 6.39. The van der Waals surface area contributed by atoms with E-state index < -0.39 is 5.91 Å². The average Bonchev–Trinajstić information content (AvgIpc) is 2.74. The van der Waals surface area contributed by atoms with Gasteiger partial charge in [-0.15, -0.1) is 0 Å². The fraction of sp³-hybridized carbons (Fsp3) is 0.0435. The van der Waals surface area contributed by atoms with E-state index in [1.54, 1.807) is 24.3 Å². The molecule has 5 nitrogen and oxygen atoms in total. The minimum absolute atomic E-state index is 0.0526. The molecular weight excluding hydrogens is 371 g/mol. The van der Waals surface area contributed by atoms with Gasteiger partial charge in [0.1, 0.15) is 29.3 Å². The number of primary amides is 1. The van der Waals surface area contributed by atoms with Crippen molar-refractivity contribution in [2.75, 3.05) is 0 Å². The van der Waals surface area contributed by atoms with Crippen molar-refractivity contribution in [3.05, 3.63) is 101 Å². The van der Waals surface area contributed by atoms with Crippen molar-refractivity contribution in [1.82, 2.24) is 0 Å². The number of carbonyl (C=O) groups excluding carboxylic acids is 1. The molecule has 144 valence electrons. The van der Waals surface area contributed by atoms with Crippen LogP contribution in [0.25, 0.3) is 11.0 Å². The molecule has 0 saturated heterocycles. The monoisotopic (exact) mass is 388 g/mol. The van der Waals surface area contributed by atoms with Crippen LogP contribution in [0.15, 0.2) is 88.3 Å². The summed E-state index contributed by atoms with van der Waals surface area (Å²) >= 11 is 0. The van der Waals surface area contributed by atoms with Crippen molar-refractivity contribution in [1.29, 1.82) is 0 Å². The van der Waals surface area contributed by atoms with Gasteiger partial charge in [-0.05, 0) is 48.0 Å². The molecule has 0 unspecified atom stereocenters. The zero-order valence-electron chi connectivity index (χ0n) is 15.3. The number of halogens is 1. The van der Waals surface area contributed by atoms with Crippen molar-refractivity contribution in [2.24, 2.45) is 10.7 Å². The van der Waals surface area contributed by atoms with E-state index in [1.807, 2.05) is 30.3 Å². The molecule has 0 fully saturated rings. The van der Waals surface area contributed by atoms with E-state index in [2.05, 4.69) is 4.99 Å². The zero-order valence-corrected chi connectivity index (χ0v) is 15.3. The van der Waals surface area contributed by atoms with Gasteiger partial charge in [-0.1, -0.05) is 30.3 Å². The van der Waals surface area contributed by atoms with Gasteiger partial charge in [-0.2, -0.15) is 0 Å². The van der Waals surface area contributed by atoms with Gasteiger partial charge in [0.15, 0.2) is 0 Å². The molecule has 0 aliphatic carbocycles. The summed E-state index contributed by atoms with van der Waals surface area (Å²) in [5.41, 5.74) is 7.64. The molecule has 0 aliphatic heterocycles. The Morgan fingerprint density at radius 1 is 1.00 bits per heavy atom. The lowest BCUT2D eigenvalue weighted by Gasteiger charge is -2.08. The Kier molecular flexibility index (Phi) is 5.07. The average molecular weight is 388 g/mol. The summed E-state index contributed by atoms with van der Waals surface area (Å²) in [6, 6.07) is 22.2. The molecule has 0 atom stereocenters. The van der Waals surface area contributed by atoms with Crippen molar-refractivity contribution in [3.63, 3.8) is 0 Å². The van der Waals surface area contributed by atoms with E-state index in [-0.39, 0.29) is 16.9 Å². The third-order valence-corrected chi connectivity index (χ3v) is 4.29. The highest BCUT2D eigenvalue weighted by atomic mass is 19.1. The maximum Gasteiger partial charge on any atom is 0.254 e. The van der Waals surface area contributed by atoms with Crippen LogP contribution < -0.4 is 16.0 Å². The number of nitrogens with zero attached hydrogens (tertiary/aromatic N) is 1. The SMILES string of the molecule is NC(=O)c1cc2ccc(OCc3ccccc3)cc2oc1=Nc1ccc(F)cc1. The molecule has 4 aromatic rings. The second kappa shape index (κ2) is 7.98. The normalized spacial score (nSPS) is 11.6. The highest BCUT2D eigenvalue weighted by molar-refractivity contribution is 5.95. The maximum atomic E-state index is 13.1. The standard InChI is InChI=1S/C23H17FN2O3/c24-17-7-9-18(10-8-17)26-23-20(22(25)27)12-16-6-11-19(13-21(16)29-23)28-14-15-4-2-1-3-5-15/h1-13H,14H2,(H2,25,27). The van der Waals surface area contributed by atoms with Gasteiger partial charge in [-0.25, -0.2) is 9.38 Å². The predicted octanol–water partition coefficient (Wildman–Crippen LogP) is 4.48. The molecule has 6 heteroatoms. The minimum Gasteiger partial charge on any atom is -0.489 e. The van der Waals surface area contributed by atoms with Crippen LogP contribution in [0.2, 0.25) is 0 Å². The quantitative estimate of drug-likeness (QED) is 0.547. The highest BCUT2D eigenvalue weighted by Crippen LogP contribution is 2.22. The highest BCUT2D eigenvalue weighted by Gasteiger charge is 2.10. The van der Waals surface area contributed by atoms with E-state index in [9.17, 15) is 9.18 Å². The molecule has 0 bridgehead atoms. The third kappa shape index (κ3) is 4.32. The second-order valence-electron chi connectivity index (χ2n) is 6.39. The fourth-order valence-corrected chi connectivity index (χ4v) is 2.82. The first kappa shape index (κ1) is 18.4. The Hall–Kier alpha value is -3.93. The van der Waals surface area contributed by atoms with Crippen molar-refractivity contribution in [3.8, 4) is 5.75 Å². The van der Waals surface area contributed by atoms with Crippen molar-refractivity contribution >= 4 is 22.6 Å². The lowest BCUT2D eigenvalue weighted by atomic mass is 10.1. The Morgan fingerprint density at radius 3 is 2.48 bits per heavy atom. The molecule has 0 radical (unpaired) electrons. The van der Waals surface area contributed by atoms with Crippen LogP contribution in [0.3, 0.4) is 0 Å².